The Hall–Kier alpha value is -0.810. The minimum Gasteiger partial charge on any atom is -0.396 e. The van der Waals surface area contributed by atoms with Crippen molar-refractivity contribution in [2.45, 2.75) is 12.9 Å². The molecule has 0 aromatic rings. The zero-order valence-electron chi connectivity index (χ0n) is 5.40. The highest BCUT2D eigenvalue weighted by molar-refractivity contribution is 5.65. The van der Waals surface area contributed by atoms with E-state index in [-0.39, 0.29) is 6.61 Å². The molecule has 1 saturated heterocycles. The van der Waals surface area contributed by atoms with Crippen LogP contribution >= 0.6 is 0 Å². The smallest absolute Gasteiger partial charge is 0.396 e. The molecule has 1 heterocycles. The number of ether oxygens (including phenoxy) is 2. The third kappa shape index (κ3) is 0.932. The third-order valence-corrected chi connectivity index (χ3v) is 1.36. The molecule has 0 aliphatic carbocycles. The molecular formula is C5H8O5. The van der Waals surface area contributed by atoms with Crippen molar-refractivity contribution >= 4 is 6.16 Å². The van der Waals surface area contributed by atoms with Gasteiger partial charge in [-0.15, -0.1) is 0 Å². The van der Waals surface area contributed by atoms with Gasteiger partial charge in [-0.1, -0.05) is 0 Å². The highest BCUT2D eigenvalue weighted by atomic mass is 17.0. The number of aliphatic hydroxyl groups excluding tert-OH is 1. The Balaban J connectivity index is 2.47. The predicted octanol–water partition coefficient (Wildman–Crippen LogP) is -0.572. The monoisotopic (exact) mass is 148 g/mol. The molecule has 0 amide bonds. The molecular weight excluding hydrogens is 140 g/mol. The summed E-state index contributed by atoms with van der Waals surface area (Å²) in [5.41, 5.74) is 0. The van der Waals surface area contributed by atoms with Crippen LogP contribution in [0.5, 0.6) is 0 Å². The van der Waals surface area contributed by atoms with Crippen molar-refractivity contribution in [3.8, 4) is 0 Å². The van der Waals surface area contributed by atoms with Gasteiger partial charge in [-0.2, -0.15) is 0 Å². The standard InChI is InChI=1S/C5H8O5/c1-3(2-6)5(8)9-4(7)10-5/h3,6,8H,2H2,1H3. The van der Waals surface area contributed by atoms with Gasteiger partial charge in [-0.25, -0.2) is 4.79 Å². The number of hydrogen-bond donors (Lipinski definition) is 2. The van der Waals surface area contributed by atoms with E-state index in [2.05, 4.69) is 9.47 Å². The van der Waals surface area contributed by atoms with Crippen molar-refractivity contribution < 1.29 is 24.5 Å². The van der Waals surface area contributed by atoms with Crippen LogP contribution in [0.4, 0.5) is 4.79 Å². The highest BCUT2D eigenvalue weighted by Crippen LogP contribution is 2.29. The number of carbonyl (C=O) groups excluding carboxylic acids is 1. The van der Waals surface area contributed by atoms with E-state index in [1.807, 2.05) is 0 Å². The number of hydrogen-bond acceptors (Lipinski definition) is 5. The van der Waals surface area contributed by atoms with E-state index >= 15 is 0 Å². The SMILES string of the molecule is CC(CO)C1(O)OC(=O)O1. The summed E-state index contributed by atoms with van der Waals surface area (Å²) in [6, 6.07) is 0. The van der Waals surface area contributed by atoms with Crippen LogP contribution in [0.15, 0.2) is 0 Å². The molecule has 5 nitrogen and oxygen atoms in total. The van der Waals surface area contributed by atoms with Crippen LogP contribution in [0.3, 0.4) is 0 Å². The van der Waals surface area contributed by atoms with Gasteiger partial charge in [0, 0.05) is 0 Å². The van der Waals surface area contributed by atoms with Crippen LogP contribution in [-0.4, -0.2) is 28.9 Å². The predicted molar refractivity (Wildman–Crippen MR) is 28.8 cm³/mol. The summed E-state index contributed by atoms with van der Waals surface area (Å²) in [4.78, 5) is 10.0. The van der Waals surface area contributed by atoms with E-state index < -0.39 is 18.0 Å². The van der Waals surface area contributed by atoms with E-state index in [9.17, 15) is 4.79 Å². The van der Waals surface area contributed by atoms with Crippen molar-refractivity contribution in [1.82, 2.24) is 0 Å². The van der Waals surface area contributed by atoms with Gasteiger partial charge in [0.05, 0.1) is 12.5 Å². The van der Waals surface area contributed by atoms with Gasteiger partial charge < -0.3 is 19.7 Å². The lowest BCUT2D eigenvalue weighted by atomic mass is 10.1. The molecule has 0 aromatic carbocycles. The largest absolute Gasteiger partial charge is 0.518 e. The molecule has 1 unspecified atom stereocenters. The fourth-order valence-electron chi connectivity index (χ4n) is 0.563. The van der Waals surface area contributed by atoms with Crippen LogP contribution < -0.4 is 0 Å². The number of aliphatic hydroxyl groups is 2. The molecule has 1 fully saturated rings. The summed E-state index contributed by atoms with van der Waals surface area (Å²) < 4.78 is 8.43. The van der Waals surface area contributed by atoms with E-state index in [0.29, 0.717) is 0 Å². The molecule has 1 rings (SSSR count). The minimum atomic E-state index is -1.90. The molecule has 58 valence electrons. The maximum Gasteiger partial charge on any atom is 0.518 e. The van der Waals surface area contributed by atoms with Gasteiger partial charge in [-0.3, -0.25) is 0 Å². The van der Waals surface area contributed by atoms with Gasteiger partial charge >= 0.3 is 12.1 Å². The fourth-order valence-corrected chi connectivity index (χ4v) is 0.563. The molecule has 1 atom stereocenters. The lowest BCUT2D eigenvalue weighted by Crippen LogP contribution is -2.55. The number of carbonyl (C=O) groups is 1. The summed E-state index contributed by atoms with van der Waals surface area (Å²) in [6.07, 6.45) is -0.914. The maximum absolute atomic E-state index is 10.0. The first kappa shape index (κ1) is 7.30. The third-order valence-electron chi connectivity index (χ3n) is 1.36. The van der Waals surface area contributed by atoms with Crippen LogP contribution in [0.1, 0.15) is 6.92 Å². The first-order valence-electron chi connectivity index (χ1n) is 2.83. The molecule has 0 spiro atoms. The van der Waals surface area contributed by atoms with E-state index in [0.717, 1.165) is 0 Å². The molecule has 0 saturated carbocycles. The highest BCUT2D eigenvalue weighted by Gasteiger charge is 2.51. The first-order chi connectivity index (χ1) is 4.58. The molecule has 10 heavy (non-hydrogen) atoms. The second-order valence-electron chi connectivity index (χ2n) is 2.17. The number of cyclic esters (lactones) is 2. The Morgan fingerprint density at radius 2 is 2.20 bits per heavy atom. The van der Waals surface area contributed by atoms with Crippen LogP contribution in [0.2, 0.25) is 0 Å². The Morgan fingerprint density at radius 3 is 2.50 bits per heavy atom. The first-order valence-corrected chi connectivity index (χ1v) is 2.83. The molecule has 1 aliphatic rings. The van der Waals surface area contributed by atoms with Gasteiger partial charge in [0.25, 0.3) is 0 Å². The number of rotatable bonds is 2. The van der Waals surface area contributed by atoms with Gasteiger partial charge in [-0.05, 0) is 6.92 Å². The van der Waals surface area contributed by atoms with Crippen molar-refractivity contribution in [2.24, 2.45) is 5.92 Å². The van der Waals surface area contributed by atoms with Crippen molar-refractivity contribution in [3.05, 3.63) is 0 Å². The zero-order valence-corrected chi connectivity index (χ0v) is 5.40. The van der Waals surface area contributed by atoms with Gasteiger partial charge in [0.15, 0.2) is 0 Å². The Kier molecular flexibility index (Phi) is 1.53. The lowest BCUT2D eigenvalue weighted by Gasteiger charge is -2.37. The van der Waals surface area contributed by atoms with Gasteiger partial charge in [0.2, 0.25) is 0 Å². The summed E-state index contributed by atoms with van der Waals surface area (Å²) in [7, 11) is 0. The summed E-state index contributed by atoms with van der Waals surface area (Å²) in [6.45, 7) is 1.19. The molecule has 2 N–H and O–H groups in total. The van der Waals surface area contributed by atoms with E-state index in [4.69, 9.17) is 10.2 Å². The second kappa shape index (κ2) is 2.10. The van der Waals surface area contributed by atoms with Crippen LogP contribution in [0, 0.1) is 5.92 Å². The van der Waals surface area contributed by atoms with Crippen molar-refractivity contribution in [3.63, 3.8) is 0 Å². The van der Waals surface area contributed by atoms with Crippen LogP contribution in [0.25, 0.3) is 0 Å². The second-order valence-corrected chi connectivity index (χ2v) is 2.17. The Bertz CT molecular complexity index is 146. The average molecular weight is 148 g/mol. The zero-order chi connectivity index (χ0) is 7.78. The van der Waals surface area contributed by atoms with Crippen molar-refractivity contribution in [1.29, 1.82) is 0 Å². The van der Waals surface area contributed by atoms with E-state index in [1.165, 1.54) is 6.92 Å². The molecule has 0 radical (unpaired) electrons. The van der Waals surface area contributed by atoms with Crippen molar-refractivity contribution in [2.75, 3.05) is 6.61 Å². The quantitative estimate of drug-likeness (QED) is 0.513. The summed E-state index contributed by atoms with van der Waals surface area (Å²) >= 11 is 0. The van der Waals surface area contributed by atoms with Gasteiger partial charge in [0.1, 0.15) is 0 Å². The summed E-state index contributed by atoms with van der Waals surface area (Å²) in [5.74, 6) is -2.52. The Labute approximate surface area is 57.2 Å². The fraction of sp³-hybridized carbons (Fsp3) is 0.800. The Morgan fingerprint density at radius 1 is 1.70 bits per heavy atom. The molecule has 0 aromatic heterocycles. The summed E-state index contributed by atoms with van der Waals surface area (Å²) in [5, 5.41) is 17.5. The topological polar surface area (TPSA) is 76.0 Å². The molecule has 0 bridgehead atoms. The normalized spacial score (nSPS) is 24.1. The van der Waals surface area contributed by atoms with E-state index in [1.54, 1.807) is 0 Å². The van der Waals surface area contributed by atoms with Crippen LogP contribution in [-0.2, 0) is 9.47 Å². The molecule has 1 aliphatic heterocycles. The lowest BCUT2D eigenvalue weighted by molar-refractivity contribution is -0.410. The average Bonchev–Trinajstić information content (AvgIpc) is 1.83. The maximum atomic E-state index is 10.0. The molecule has 5 heteroatoms. The minimum absolute atomic E-state index is 0.302.